The van der Waals surface area contributed by atoms with Crippen LogP contribution in [-0.2, 0) is 6.54 Å². The maximum Gasteiger partial charge on any atom is 0.131 e. The summed E-state index contributed by atoms with van der Waals surface area (Å²) in [4.78, 5) is 0. The number of hydrogen-bond acceptors (Lipinski definition) is 1. The molecule has 0 bridgehead atoms. The number of anilines is 1. The van der Waals surface area contributed by atoms with Gasteiger partial charge in [0.15, 0.2) is 0 Å². The third-order valence-corrected chi connectivity index (χ3v) is 3.83. The predicted molar refractivity (Wildman–Crippen MR) is 72.8 cm³/mol. The highest BCUT2D eigenvalue weighted by atomic mass is 79.9. The number of benzene rings is 2. The Morgan fingerprint density at radius 2 is 1.94 bits per heavy atom. The van der Waals surface area contributed by atoms with Crippen LogP contribution in [0.1, 0.15) is 5.56 Å². The van der Waals surface area contributed by atoms with E-state index in [4.69, 9.17) is 11.6 Å². The normalized spacial score (nSPS) is 10.4. The van der Waals surface area contributed by atoms with Crippen LogP contribution >= 0.6 is 27.5 Å². The Labute approximate surface area is 117 Å². The highest BCUT2D eigenvalue weighted by Crippen LogP contribution is 2.30. The summed E-state index contributed by atoms with van der Waals surface area (Å²) in [7, 11) is 0. The van der Waals surface area contributed by atoms with Crippen molar-refractivity contribution in [3.8, 4) is 0 Å². The van der Waals surface area contributed by atoms with Crippen LogP contribution in [-0.4, -0.2) is 0 Å². The van der Waals surface area contributed by atoms with Crippen molar-refractivity contribution in [3.63, 3.8) is 0 Å². The quantitative estimate of drug-likeness (QED) is 0.834. The zero-order chi connectivity index (χ0) is 13.1. The fraction of sp³-hybridized carbons (Fsp3) is 0.0769. The zero-order valence-corrected chi connectivity index (χ0v) is 11.5. The Morgan fingerprint density at radius 3 is 2.67 bits per heavy atom. The first-order valence-electron chi connectivity index (χ1n) is 5.20. The molecule has 0 amide bonds. The lowest BCUT2D eigenvalue weighted by molar-refractivity contribution is 0.574. The van der Waals surface area contributed by atoms with Crippen LogP contribution in [0.3, 0.4) is 0 Å². The van der Waals surface area contributed by atoms with Crippen molar-refractivity contribution in [2.75, 3.05) is 5.32 Å². The monoisotopic (exact) mass is 331 g/mol. The second kappa shape index (κ2) is 5.67. The number of hydrogen-bond donors (Lipinski definition) is 1. The second-order valence-corrected chi connectivity index (χ2v) is 4.89. The van der Waals surface area contributed by atoms with Crippen molar-refractivity contribution in [1.29, 1.82) is 0 Å². The van der Waals surface area contributed by atoms with Crippen molar-refractivity contribution in [3.05, 3.63) is 63.1 Å². The van der Waals surface area contributed by atoms with Gasteiger partial charge in [0.05, 0.1) is 15.2 Å². The van der Waals surface area contributed by atoms with Gasteiger partial charge in [-0.3, -0.25) is 0 Å². The Kier molecular flexibility index (Phi) is 4.19. The van der Waals surface area contributed by atoms with E-state index in [9.17, 15) is 8.78 Å². The van der Waals surface area contributed by atoms with Gasteiger partial charge in [-0.1, -0.05) is 23.7 Å². The van der Waals surface area contributed by atoms with Gasteiger partial charge in [0.25, 0.3) is 0 Å². The summed E-state index contributed by atoms with van der Waals surface area (Å²) in [5.41, 5.74) is 1.15. The summed E-state index contributed by atoms with van der Waals surface area (Å²) in [5.74, 6) is -1.15. The van der Waals surface area contributed by atoms with Crippen LogP contribution < -0.4 is 5.32 Å². The van der Waals surface area contributed by atoms with Gasteiger partial charge in [-0.05, 0) is 34.1 Å². The van der Waals surface area contributed by atoms with Crippen molar-refractivity contribution in [2.45, 2.75) is 6.54 Å². The van der Waals surface area contributed by atoms with Gasteiger partial charge in [0.2, 0.25) is 0 Å². The molecule has 0 radical (unpaired) electrons. The van der Waals surface area contributed by atoms with Crippen LogP contribution in [0.2, 0.25) is 5.02 Å². The predicted octanol–water partition coefficient (Wildman–Crippen LogP) is 4.99. The number of rotatable bonds is 3. The first kappa shape index (κ1) is 13.3. The molecule has 0 aromatic heterocycles. The van der Waals surface area contributed by atoms with Gasteiger partial charge in [-0.2, -0.15) is 0 Å². The molecular weight excluding hydrogens is 324 g/mol. The van der Waals surface area contributed by atoms with Gasteiger partial charge in [-0.15, -0.1) is 0 Å². The molecule has 0 spiro atoms. The largest absolute Gasteiger partial charge is 0.380 e. The summed E-state index contributed by atoms with van der Waals surface area (Å²) in [6.45, 7) is 0.255. The molecular formula is C13H9BrClF2N. The minimum atomic E-state index is -0.583. The standard InChI is InChI=1S/C13H9BrClF2N/c14-13-10(15)2-1-3-12(13)18-7-8-4-5-9(16)6-11(8)17/h1-6,18H,7H2. The number of halogens is 4. The lowest BCUT2D eigenvalue weighted by Crippen LogP contribution is -2.02. The van der Waals surface area contributed by atoms with E-state index >= 15 is 0 Å². The Hall–Kier alpha value is -1.13. The van der Waals surface area contributed by atoms with E-state index in [0.29, 0.717) is 15.1 Å². The summed E-state index contributed by atoms with van der Waals surface area (Å²) < 4.78 is 26.9. The maximum atomic E-state index is 13.4. The van der Waals surface area contributed by atoms with Crippen LogP contribution in [0.5, 0.6) is 0 Å². The van der Waals surface area contributed by atoms with E-state index in [-0.39, 0.29) is 6.54 Å². The minimum absolute atomic E-state index is 0.255. The summed E-state index contributed by atoms with van der Waals surface area (Å²) in [6.07, 6.45) is 0. The molecule has 0 aliphatic rings. The molecule has 2 aromatic carbocycles. The fourth-order valence-electron chi connectivity index (χ4n) is 1.50. The van der Waals surface area contributed by atoms with E-state index in [2.05, 4.69) is 21.2 Å². The Morgan fingerprint density at radius 1 is 1.17 bits per heavy atom. The van der Waals surface area contributed by atoms with Crippen molar-refractivity contribution < 1.29 is 8.78 Å². The molecule has 2 aromatic rings. The molecule has 2 rings (SSSR count). The molecule has 0 unspecified atom stereocenters. The van der Waals surface area contributed by atoms with Gasteiger partial charge in [0, 0.05) is 18.2 Å². The van der Waals surface area contributed by atoms with E-state index in [1.165, 1.54) is 12.1 Å². The molecule has 0 fully saturated rings. The summed E-state index contributed by atoms with van der Waals surface area (Å²) in [5, 5.41) is 3.61. The fourth-order valence-corrected chi connectivity index (χ4v) is 2.07. The molecule has 0 aliphatic carbocycles. The topological polar surface area (TPSA) is 12.0 Å². The lowest BCUT2D eigenvalue weighted by atomic mass is 10.2. The zero-order valence-electron chi connectivity index (χ0n) is 9.18. The third kappa shape index (κ3) is 3.00. The van der Waals surface area contributed by atoms with Crippen molar-refractivity contribution in [1.82, 2.24) is 0 Å². The van der Waals surface area contributed by atoms with Crippen LogP contribution in [0.4, 0.5) is 14.5 Å². The van der Waals surface area contributed by atoms with Crippen LogP contribution in [0, 0.1) is 11.6 Å². The molecule has 0 saturated heterocycles. The second-order valence-electron chi connectivity index (χ2n) is 3.69. The van der Waals surface area contributed by atoms with E-state index < -0.39 is 11.6 Å². The van der Waals surface area contributed by atoms with Gasteiger partial charge in [-0.25, -0.2) is 8.78 Å². The molecule has 0 aliphatic heterocycles. The van der Waals surface area contributed by atoms with Crippen LogP contribution in [0.25, 0.3) is 0 Å². The average molecular weight is 333 g/mol. The van der Waals surface area contributed by atoms with E-state index in [1.807, 2.05) is 6.07 Å². The van der Waals surface area contributed by atoms with Gasteiger partial charge >= 0.3 is 0 Å². The minimum Gasteiger partial charge on any atom is -0.380 e. The number of nitrogens with one attached hydrogen (secondary N) is 1. The van der Waals surface area contributed by atoms with E-state index in [1.54, 1.807) is 12.1 Å². The third-order valence-electron chi connectivity index (χ3n) is 2.44. The van der Waals surface area contributed by atoms with Gasteiger partial charge < -0.3 is 5.32 Å². The van der Waals surface area contributed by atoms with Crippen LogP contribution in [0.15, 0.2) is 40.9 Å². The lowest BCUT2D eigenvalue weighted by Gasteiger charge is -2.10. The van der Waals surface area contributed by atoms with Gasteiger partial charge in [0.1, 0.15) is 11.6 Å². The molecule has 0 saturated carbocycles. The van der Waals surface area contributed by atoms with E-state index in [0.717, 1.165) is 11.8 Å². The maximum absolute atomic E-state index is 13.4. The Balaban J connectivity index is 2.14. The molecule has 1 nitrogen and oxygen atoms in total. The van der Waals surface area contributed by atoms with Crippen molar-refractivity contribution in [2.24, 2.45) is 0 Å². The first-order chi connectivity index (χ1) is 8.58. The van der Waals surface area contributed by atoms with Crippen molar-refractivity contribution >= 4 is 33.2 Å². The molecule has 0 heterocycles. The average Bonchev–Trinajstić information content (AvgIpc) is 2.33. The molecule has 94 valence electrons. The summed E-state index contributed by atoms with van der Waals surface area (Å²) in [6, 6.07) is 8.86. The molecule has 1 N–H and O–H groups in total. The SMILES string of the molecule is Fc1ccc(CNc2cccc(Cl)c2Br)c(F)c1. The molecule has 0 atom stereocenters. The summed E-state index contributed by atoms with van der Waals surface area (Å²) >= 11 is 9.27. The first-order valence-corrected chi connectivity index (χ1v) is 6.37. The molecule has 18 heavy (non-hydrogen) atoms. The highest BCUT2D eigenvalue weighted by Gasteiger charge is 2.06. The molecule has 5 heteroatoms. The Bertz CT molecular complexity index is 575. The highest BCUT2D eigenvalue weighted by molar-refractivity contribution is 9.10. The smallest absolute Gasteiger partial charge is 0.131 e.